The summed E-state index contributed by atoms with van der Waals surface area (Å²) in [5.74, 6) is -0.879. The van der Waals surface area contributed by atoms with E-state index in [2.05, 4.69) is 160 Å². The van der Waals surface area contributed by atoms with Crippen LogP contribution in [-0.2, 0) is 32.7 Å². The molecule has 0 aromatic carbocycles. The van der Waals surface area contributed by atoms with Crippen LogP contribution in [0.1, 0.15) is 284 Å². The summed E-state index contributed by atoms with van der Waals surface area (Å²) in [6, 6.07) is 0. The van der Waals surface area contributed by atoms with E-state index >= 15 is 0 Å². The molecule has 484 valence electrons. The lowest BCUT2D eigenvalue weighted by atomic mass is 10.0. The van der Waals surface area contributed by atoms with Crippen LogP contribution in [0.4, 0.5) is 0 Å². The van der Waals surface area contributed by atoms with Crippen LogP contribution in [0, 0.1) is 0 Å². The highest BCUT2D eigenvalue weighted by Gasteiger charge is 2.26. The molecule has 0 aliphatic rings. The fourth-order valence-corrected chi connectivity index (χ4v) is 9.97. The van der Waals surface area contributed by atoms with Gasteiger partial charge in [-0.05, 0) is 103 Å². The average molecular weight is 1200 g/mol. The molecule has 0 saturated carbocycles. The number of carbonyl (C=O) groups excluding carboxylic acids is 2. The van der Waals surface area contributed by atoms with Crippen LogP contribution in [0.15, 0.2) is 146 Å². The minimum atomic E-state index is -4.41. The topological polar surface area (TPSA) is 134 Å². The summed E-state index contributed by atoms with van der Waals surface area (Å²) in [5, 5.41) is 0. The molecule has 0 heterocycles. The molecule has 0 aromatic heterocycles. The number of nitrogens with two attached hydrogens (primary N) is 1. The van der Waals surface area contributed by atoms with Crippen molar-refractivity contribution in [2.75, 3.05) is 26.4 Å². The second-order valence-electron chi connectivity index (χ2n) is 22.3. The number of allylic oxidation sites excluding steroid dienone is 24. The number of rotatable bonds is 63. The van der Waals surface area contributed by atoms with Crippen molar-refractivity contribution in [2.24, 2.45) is 5.73 Å². The van der Waals surface area contributed by atoms with E-state index in [4.69, 9.17) is 24.3 Å². The Hall–Kier alpha value is -4.11. The maximum Gasteiger partial charge on any atom is 0.472 e. The number of carbonyl (C=O) groups is 2. The van der Waals surface area contributed by atoms with E-state index in [1.165, 1.54) is 141 Å². The Morgan fingerprint density at radius 2 is 0.647 bits per heavy atom. The van der Waals surface area contributed by atoms with Crippen molar-refractivity contribution in [1.82, 2.24) is 0 Å². The fourth-order valence-electron chi connectivity index (χ4n) is 9.21. The molecule has 9 nitrogen and oxygen atoms in total. The molecular formula is C75H126NO8P. The maximum absolute atomic E-state index is 12.7. The Morgan fingerprint density at radius 3 is 0.965 bits per heavy atom. The summed E-state index contributed by atoms with van der Waals surface area (Å²) in [5.41, 5.74) is 5.39. The molecule has 0 aliphatic heterocycles. The Labute approximate surface area is 522 Å². The van der Waals surface area contributed by atoms with Crippen molar-refractivity contribution < 1.29 is 37.6 Å². The van der Waals surface area contributed by atoms with Gasteiger partial charge in [0.2, 0.25) is 0 Å². The first kappa shape index (κ1) is 80.9. The zero-order chi connectivity index (χ0) is 61.6. The highest BCUT2D eigenvalue weighted by atomic mass is 31.2. The van der Waals surface area contributed by atoms with Crippen LogP contribution >= 0.6 is 7.82 Å². The third-order valence-corrected chi connectivity index (χ3v) is 15.2. The van der Waals surface area contributed by atoms with E-state index in [9.17, 15) is 19.0 Å². The van der Waals surface area contributed by atoms with Crippen LogP contribution in [0.3, 0.4) is 0 Å². The molecule has 0 spiro atoms. The lowest BCUT2D eigenvalue weighted by Gasteiger charge is -2.19. The fraction of sp³-hybridized carbons (Fsp3) is 0.653. The Bertz CT molecular complexity index is 1900. The van der Waals surface area contributed by atoms with Gasteiger partial charge in [-0.2, -0.15) is 0 Å². The summed E-state index contributed by atoms with van der Waals surface area (Å²) >= 11 is 0. The standard InChI is InChI=1S/C75H126NO8P/c1-3-5-7-9-11-13-15-17-19-21-23-25-27-29-30-31-32-33-34-35-36-37-38-39-40-41-42-44-46-48-50-52-54-56-58-60-62-64-66-68-75(78)84-73(72-83-85(79,80)82-70-69-76)71-81-74(77)67-65-63-61-59-57-55-53-51-49-47-45-43-28-26-24-22-20-18-16-14-12-10-8-6-4-2/h5,7,11,13,17,19,23,25,29-30,32-33,35-36,38-39,41-42,46,48,52,54,58,60,73H,3-4,6,8-10,12,14-16,18,20-22,24,26-28,31,34,37,40,43-45,47,49-51,53,55-57,59,61-72,76H2,1-2H3,(H,79,80)/b7-5-,13-11-,19-17-,25-23-,30-29-,33-32-,36-35-,39-38-,42-41-,48-46-,54-52-,60-58-. The van der Waals surface area contributed by atoms with Gasteiger partial charge < -0.3 is 20.1 Å². The van der Waals surface area contributed by atoms with Crippen LogP contribution in [0.5, 0.6) is 0 Å². The smallest absolute Gasteiger partial charge is 0.462 e. The van der Waals surface area contributed by atoms with Crippen LogP contribution in [-0.4, -0.2) is 49.3 Å². The van der Waals surface area contributed by atoms with Crippen molar-refractivity contribution in [3.63, 3.8) is 0 Å². The first-order valence-electron chi connectivity index (χ1n) is 34.3. The highest BCUT2D eigenvalue weighted by molar-refractivity contribution is 7.47. The van der Waals surface area contributed by atoms with E-state index in [-0.39, 0.29) is 32.6 Å². The molecule has 85 heavy (non-hydrogen) atoms. The SMILES string of the molecule is CC/C=C\C/C=C\C/C=C\C/C=C\C/C=C\C/C=C\C/C=C\C/C=C\C/C=C\C/C=C\C/C=C\C/C=C\CCCCC(=O)OC(COC(=O)CCCCCCCCCCCCCCCCCCCCCCCCCCC)COP(=O)(O)OCCN. The van der Waals surface area contributed by atoms with E-state index in [0.717, 1.165) is 109 Å². The van der Waals surface area contributed by atoms with Gasteiger partial charge >= 0.3 is 19.8 Å². The number of hydrogen-bond donors (Lipinski definition) is 2. The first-order valence-corrected chi connectivity index (χ1v) is 35.8. The molecule has 0 aromatic rings. The molecule has 2 unspecified atom stereocenters. The van der Waals surface area contributed by atoms with Gasteiger partial charge in [-0.25, -0.2) is 4.57 Å². The maximum atomic E-state index is 12.7. The molecule has 0 saturated heterocycles. The zero-order valence-electron chi connectivity index (χ0n) is 54.3. The predicted octanol–water partition coefficient (Wildman–Crippen LogP) is 22.6. The number of ether oxygens (including phenoxy) is 2. The Balaban J connectivity index is 4.04. The Morgan fingerprint density at radius 1 is 0.365 bits per heavy atom. The second-order valence-corrected chi connectivity index (χ2v) is 23.8. The molecule has 0 amide bonds. The van der Waals surface area contributed by atoms with E-state index < -0.39 is 32.5 Å². The number of hydrogen-bond acceptors (Lipinski definition) is 8. The summed E-state index contributed by atoms with van der Waals surface area (Å²) in [6.07, 6.45) is 99.4. The zero-order valence-corrected chi connectivity index (χ0v) is 55.2. The lowest BCUT2D eigenvalue weighted by Crippen LogP contribution is -2.29. The van der Waals surface area contributed by atoms with Crippen molar-refractivity contribution in [2.45, 2.75) is 290 Å². The van der Waals surface area contributed by atoms with Crippen molar-refractivity contribution >= 4 is 19.8 Å². The molecule has 0 aliphatic carbocycles. The van der Waals surface area contributed by atoms with E-state index in [1.807, 2.05) is 0 Å². The van der Waals surface area contributed by atoms with Gasteiger partial charge in [-0.15, -0.1) is 0 Å². The van der Waals surface area contributed by atoms with Crippen LogP contribution < -0.4 is 5.73 Å². The van der Waals surface area contributed by atoms with Gasteiger partial charge in [0.25, 0.3) is 0 Å². The van der Waals surface area contributed by atoms with Gasteiger partial charge in [0, 0.05) is 19.4 Å². The third-order valence-electron chi connectivity index (χ3n) is 14.2. The molecule has 3 N–H and O–H groups in total. The summed E-state index contributed by atoms with van der Waals surface area (Å²) in [4.78, 5) is 35.3. The van der Waals surface area contributed by atoms with Gasteiger partial charge in [-0.3, -0.25) is 18.6 Å². The number of phosphoric acid groups is 1. The van der Waals surface area contributed by atoms with E-state index in [1.54, 1.807) is 0 Å². The van der Waals surface area contributed by atoms with Crippen molar-refractivity contribution in [1.29, 1.82) is 0 Å². The van der Waals surface area contributed by atoms with Gasteiger partial charge in [0.05, 0.1) is 13.2 Å². The van der Waals surface area contributed by atoms with E-state index in [0.29, 0.717) is 6.42 Å². The molecule has 10 heteroatoms. The second kappa shape index (κ2) is 69.0. The lowest BCUT2D eigenvalue weighted by molar-refractivity contribution is -0.161. The molecule has 0 fully saturated rings. The van der Waals surface area contributed by atoms with Gasteiger partial charge in [-0.1, -0.05) is 314 Å². The summed E-state index contributed by atoms with van der Waals surface area (Å²) in [6.45, 7) is 3.60. The summed E-state index contributed by atoms with van der Waals surface area (Å²) in [7, 11) is -4.41. The quantitative estimate of drug-likeness (QED) is 0.0264. The number of esters is 2. The number of phosphoric ester groups is 1. The molecule has 2 atom stereocenters. The first-order chi connectivity index (χ1) is 41.8. The van der Waals surface area contributed by atoms with Crippen molar-refractivity contribution in [3.8, 4) is 0 Å². The highest BCUT2D eigenvalue weighted by Crippen LogP contribution is 2.43. The Kier molecular flexibility index (Phi) is 65.7. The van der Waals surface area contributed by atoms with Crippen molar-refractivity contribution in [3.05, 3.63) is 146 Å². The van der Waals surface area contributed by atoms with Gasteiger partial charge in [0.1, 0.15) is 6.61 Å². The third kappa shape index (κ3) is 68.9. The predicted molar refractivity (Wildman–Crippen MR) is 367 cm³/mol. The average Bonchev–Trinajstić information content (AvgIpc) is 3.53. The summed E-state index contributed by atoms with van der Waals surface area (Å²) < 4.78 is 33.1. The number of unbranched alkanes of at least 4 members (excludes halogenated alkanes) is 26. The minimum Gasteiger partial charge on any atom is -0.462 e. The molecule has 0 radical (unpaired) electrons. The minimum absolute atomic E-state index is 0.0401. The normalized spacial score (nSPS) is 13.9. The molecule has 0 bridgehead atoms. The molecular weight excluding hydrogens is 1070 g/mol. The monoisotopic (exact) mass is 1200 g/mol. The van der Waals surface area contributed by atoms with Crippen LogP contribution in [0.2, 0.25) is 0 Å². The van der Waals surface area contributed by atoms with Gasteiger partial charge in [0.15, 0.2) is 6.10 Å². The molecule has 0 rings (SSSR count). The largest absolute Gasteiger partial charge is 0.472 e. The van der Waals surface area contributed by atoms with Crippen LogP contribution in [0.25, 0.3) is 0 Å².